The Hall–Kier alpha value is -1.41. The van der Waals surface area contributed by atoms with E-state index in [9.17, 15) is 4.79 Å². The summed E-state index contributed by atoms with van der Waals surface area (Å²) in [5, 5.41) is 13.0. The summed E-state index contributed by atoms with van der Waals surface area (Å²) in [5.74, 6) is 0.382. The van der Waals surface area contributed by atoms with E-state index in [0.29, 0.717) is 34.2 Å². The minimum absolute atomic E-state index is 0.203. The van der Waals surface area contributed by atoms with Crippen LogP contribution in [0.4, 0.5) is 9.93 Å². The van der Waals surface area contributed by atoms with Crippen molar-refractivity contribution in [2.45, 2.75) is 33.4 Å². The number of carbonyl (C=O) groups is 1. The molecule has 1 aromatic heterocycles. The fraction of sp³-hybridized carbons (Fsp3) is 0.500. The zero-order valence-corrected chi connectivity index (χ0v) is 18.5. The number of benzene rings is 1. The first-order valence-electron chi connectivity index (χ1n) is 8.63. The number of likely N-dealkylation sites (N-methyl/N-ethyl adjacent to an activating group) is 1. The molecule has 6 nitrogen and oxygen atoms in total. The lowest BCUT2D eigenvalue weighted by Gasteiger charge is -2.33. The van der Waals surface area contributed by atoms with E-state index in [-0.39, 0.29) is 12.1 Å². The Kier molecular flexibility index (Phi) is 7.85. The quantitative estimate of drug-likeness (QED) is 0.687. The molecule has 1 unspecified atom stereocenters. The van der Waals surface area contributed by atoms with Gasteiger partial charge in [0.05, 0.1) is 10.0 Å². The highest BCUT2D eigenvalue weighted by molar-refractivity contribution is 7.15. The third kappa shape index (κ3) is 6.31. The fourth-order valence-electron chi connectivity index (χ4n) is 2.79. The Labute approximate surface area is 174 Å². The van der Waals surface area contributed by atoms with E-state index in [1.54, 1.807) is 17.0 Å². The Morgan fingerprint density at radius 3 is 2.44 bits per heavy atom. The lowest BCUT2D eigenvalue weighted by molar-refractivity contribution is 0.155. The number of hydrogen-bond acceptors (Lipinski definition) is 5. The zero-order chi connectivity index (χ0) is 20.1. The predicted molar refractivity (Wildman–Crippen MR) is 113 cm³/mol. The number of nitrogens with zero attached hydrogens (tertiary/aromatic N) is 4. The SMILES string of the molecule is Cc1nnc(NC(=O)N(Cc2ccc(Cl)c(Cl)c2)CC(C(C)C)N(C)C)s1. The molecule has 2 amide bonds. The van der Waals surface area contributed by atoms with Crippen LogP contribution in [0, 0.1) is 12.8 Å². The third-order valence-corrected chi connectivity index (χ3v) is 5.72. The van der Waals surface area contributed by atoms with Crippen molar-refractivity contribution < 1.29 is 4.79 Å². The number of halogens is 2. The lowest BCUT2D eigenvalue weighted by atomic mass is 10.0. The molecule has 0 saturated heterocycles. The molecular weight excluding hydrogens is 405 g/mol. The van der Waals surface area contributed by atoms with Gasteiger partial charge in [-0.05, 0) is 44.6 Å². The molecule has 0 spiro atoms. The summed E-state index contributed by atoms with van der Waals surface area (Å²) in [5.41, 5.74) is 0.911. The van der Waals surface area contributed by atoms with E-state index < -0.39 is 0 Å². The molecule has 0 aliphatic carbocycles. The van der Waals surface area contributed by atoms with Gasteiger partial charge in [-0.15, -0.1) is 10.2 Å². The zero-order valence-electron chi connectivity index (χ0n) is 16.2. The van der Waals surface area contributed by atoms with Gasteiger partial charge in [-0.25, -0.2) is 4.79 Å². The summed E-state index contributed by atoms with van der Waals surface area (Å²) < 4.78 is 0. The summed E-state index contributed by atoms with van der Waals surface area (Å²) >= 11 is 13.5. The van der Waals surface area contributed by atoms with Crippen molar-refractivity contribution in [3.8, 4) is 0 Å². The second kappa shape index (κ2) is 9.68. The normalized spacial score (nSPS) is 12.5. The maximum Gasteiger partial charge on any atom is 0.324 e. The molecular formula is C18H25Cl2N5OS. The number of anilines is 1. The molecule has 0 aliphatic rings. The number of nitrogens with one attached hydrogen (secondary N) is 1. The van der Waals surface area contributed by atoms with Crippen LogP contribution in [0.25, 0.3) is 0 Å². The smallest absolute Gasteiger partial charge is 0.319 e. The number of hydrogen-bond donors (Lipinski definition) is 1. The molecule has 0 radical (unpaired) electrons. The number of carbonyl (C=O) groups excluding carboxylic acids is 1. The molecule has 148 valence electrons. The Morgan fingerprint density at radius 1 is 1.22 bits per heavy atom. The van der Waals surface area contributed by atoms with Crippen LogP contribution in [0.1, 0.15) is 24.4 Å². The van der Waals surface area contributed by atoms with E-state index >= 15 is 0 Å². The van der Waals surface area contributed by atoms with Crippen molar-refractivity contribution in [3.05, 3.63) is 38.8 Å². The van der Waals surface area contributed by atoms with Gasteiger partial charge in [-0.2, -0.15) is 0 Å². The molecule has 2 rings (SSSR count). The fourth-order valence-corrected chi connectivity index (χ4v) is 3.69. The molecule has 0 saturated carbocycles. The van der Waals surface area contributed by atoms with E-state index in [4.69, 9.17) is 23.2 Å². The summed E-state index contributed by atoms with van der Waals surface area (Å²) in [4.78, 5) is 16.8. The van der Waals surface area contributed by atoms with Crippen LogP contribution >= 0.6 is 34.5 Å². The van der Waals surface area contributed by atoms with Gasteiger partial charge in [0, 0.05) is 19.1 Å². The number of aryl methyl sites for hydroxylation is 1. The molecule has 27 heavy (non-hydrogen) atoms. The maximum absolute atomic E-state index is 12.9. The van der Waals surface area contributed by atoms with Crippen molar-refractivity contribution in [2.75, 3.05) is 26.0 Å². The van der Waals surface area contributed by atoms with E-state index in [1.165, 1.54) is 11.3 Å². The van der Waals surface area contributed by atoms with Gasteiger partial charge < -0.3 is 9.80 Å². The highest BCUT2D eigenvalue weighted by Gasteiger charge is 2.24. The average Bonchev–Trinajstić information content (AvgIpc) is 2.98. The largest absolute Gasteiger partial charge is 0.324 e. The molecule has 1 atom stereocenters. The van der Waals surface area contributed by atoms with Crippen molar-refractivity contribution in [2.24, 2.45) is 5.92 Å². The molecule has 1 N–H and O–H groups in total. The molecule has 2 aromatic rings. The highest BCUT2D eigenvalue weighted by atomic mass is 35.5. The lowest BCUT2D eigenvalue weighted by Crippen LogP contribution is -2.46. The van der Waals surface area contributed by atoms with Crippen LogP contribution in [-0.4, -0.2) is 52.7 Å². The first-order chi connectivity index (χ1) is 12.7. The Morgan fingerprint density at radius 2 is 1.93 bits per heavy atom. The van der Waals surface area contributed by atoms with Gasteiger partial charge in [0.15, 0.2) is 0 Å². The van der Waals surface area contributed by atoms with Crippen LogP contribution in [0.5, 0.6) is 0 Å². The highest BCUT2D eigenvalue weighted by Crippen LogP contribution is 2.24. The van der Waals surface area contributed by atoms with Crippen molar-refractivity contribution in [1.82, 2.24) is 20.0 Å². The topological polar surface area (TPSA) is 61.4 Å². The van der Waals surface area contributed by atoms with Gasteiger partial charge in [-0.3, -0.25) is 5.32 Å². The van der Waals surface area contributed by atoms with Crippen molar-refractivity contribution in [3.63, 3.8) is 0 Å². The maximum atomic E-state index is 12.9. The average molecular weight is 430 g/mol. The standard InChI is InChI=1S/C18H25Cl2N5OS/c1-11(2)16(24(4)5)10-25(9-13-6-7-14(19)15(20)8-13)18(26)21-17-23-22-12(3)27-17/h6-8,11,16H,9-10H2,1-5H3,(H,21,23,26). The molecule has 0 fully saturated rings. The van der Waals surface area contributed by atoms with Crippen LogP contribution in [0.3, 0.4) is 0 Å². The van der Waals surface area contributed by atoms with Crippen LogP contribution in [-0.2, 0) is 6.54 Å². The summed E-state index contributed by atoms with van der Waals surface area (Å²) in [6.07, 6.45) is 0. The Balaban J connectivity index is 2.22. The van der Waals surface area contributed by atoms with Gasteiger partial charge in [0.25, 0.3) is 0 Å². The third-order valence-electron chi connectivity index (χ3n) is 4.22. The molecule has 0 aliphatic heterocycles. The van der Waals surface area contributed by atoms with Crippen LogP contribution in [0.15, 0.2) is 18.2 Å². The van der Waals surface area contributed by atoms with Gasteiger partial charge >= 0.3 is 6.03 Å². The van der Waals surface area contributed by atoms with Crippen LogP contribution in [0.2, 0.25) is 10.0 Å². The van der Waals surface area contributed by atoms with Crippen molar-refractivity contribution >= 4 is 45.7 Å². The van der Waals surface area contributed by atoms with E-state index in [2.05, 4.69) is 34.3 Å². The number of amides is 2. The van der Waals surface area contributed by atoms with Gasteiger partial charge in [0.1, 0.15) is 5.01 Å². The van der Waals surface area contributed by atoms with Gasteiger partial charge in [0.2, 0.25) is 5.13 Å². The molecule has 1 aromatic carbocycles. The minimum Gasteiger partial charge on any atom is -0.319 e. The molecule has 0 bridgehead atoms. The van der Waals surface area contributed by atoms with Crippen molar-refractivity contribution in [1.29, 1.82) is 0 Å². The second-order valence-electron chi connectivity index (χ2n) is 6.96. The first-order valence-corrected chi connectivity index (χ1v) is 10.2. The summed E-state index contributed by atoms with van der Waals surface area (Å²) in [7, 11) is 4.04. The predicted octanol–water partition coefficient (Wildman–Crippen LogP) is 4.77. The summed E-state index contributed by atoms with van der Waals surface area (Å²) in [6, 6.07) is 5.40. The molecule has 9 heteroatoms. The minimum atomic E-state index is -0.218. The van der Waals surface area contributed by atoms with Crippen LogP contribution < -0.4 is 5.32 Å². The molecule has 1 heterocycles. The second-order valence-corrected chi connectivity index (χ2v) is 8.96. The number of urea groups is 1. The number of rotatable bonds is 7. The van der Waals surface area contributed by atoms with E-state index in [1.807, 2.05) is 27.1 Å². The van der Waals surface area contributed by atoms with E-state index in [0.717, 1.165) is 10.6 Å². The monoisotopic (exact) mass is 429 g/mol. The first kappa shape index (κ1) is 21.9. The number of aromatic nitrogens is 2. The van der Waals surface area contributed by atoms with Gasteiger partial charge in [-0.1, -0.05) is 54.5 Å². The summed E-state index contributed by atoms with van der Waals surface area (Å²) in [6.45, 7) is 7.12. The Bertz CT molecular complexity index is 773.